The highest BCUT2D eigenvalue weighted by Crippen LogP contribution is 2.29. The molecular formula is C19H28N2O3. The minimum absolute atomic E-state index is 0.125. The van der Waals surface area contributed by atoms with Crippen LogP contribution in [0.3, 0.4) is 0 Å². The Morgan fingerprint density at radius 2 is 2.00 bits per heavy atom. The zero-order valence-corrected chi connectivity index (χ0v) is 15.1. The molecule has 24 heavy (non-hydrogen) atoms. The molecule has 132 valence electrons. The van der Waals surface area contributed by atoms with Gasteiger partial charge in [0.05, 0.1) is 0 Å². The zero-order valence-electron chi connectivity index (χ0n) is 15.1. The molecule has 2 amide bonds. The quantitative estimate of drug-likeness (QED) is 0.815. The zero-order chi connectivity index (χ0) is 18.1. The number of carbonyl (C=O) groups is 3. The summed E-state index contributed by atoms with van der Waals surface area (Å²) in [4.78, 5) is 36.8. The lowest BCUT2D eigenvalue weighted by molar-refractivity contribution is -0.125. The summed E-state index contributed by atoms with van der Waals surface area (Å²) in [6, 6.07) is 5.09. The van der Waals surface area contributed by atoms with E-state index < -0.39 is 6.04 Å². The SMILES string of the molecule is CCC.CCc1cccc2c1CN(C(CCC=O)C(=O)NC)C2=O. The van der Waals surface area contributed by atoms with Gasteiger partial charge in [-0.15, -0.1) is 0 Å². The van der Waals surface area contributed by atoms with Gasteiger partial charge >= 0.3 is 0 Å². The molecule has 1 aromatic rings. The highest BCUT2D eigenvalue weighted by molar-refractivity contribution is 6.01. The number of hydrogen-bond acceptors (Lipinski definition) is 3. The molecule has 1 atom stereocenters. The Morgan fingerprint density at radius 3 is 2.54 bits per heavy atom. The molecule has 1 N–H and O–H groups in total. The Hall–Kier alpha value is -2.17. The van der Waals surface area contributed by atoms with Crippen molar-refractivity contribution >= 4 is 18.1 Å². The van der Waals surface area contributed by atoms with Crippen molar-refractivity contribution in [3.8, 4) is 0 Å². The van der Waals surface area contributed by atoms with Gasteiger partial charge in [0.1, 0.15) is 12.3 Å². The molecule has 1 unspecified atom stereocenters. The van der Waals surface area contributed by atoms with Crippen LogP contribution in [0.5, 0.6) is 0 Å². The van der Waals surface area contributed by atoms with E-state index in [-0.39, 0.29) is 18.2 Å². The minimum Gasteiger partial charge on any atom is -0.357 e. The Morgan fingerprint density at radius 1 is 1.33 bits per heavy atom. The highest BCUT2D eigenvalue weighted by Gasteiger charge is 2.36. The Balaban J connectivity index is 0.000000891. The van der Waals surface area contributed by atoms with E-state index in [4.69, 9.17) is 0 Å². The van der Waals surface area contributed by atoms with Gasteiger partial charge in [0, 0.05) is 25.6 Å². The molecule has 1 aliphatic rings. The second kappa shape index (κ2) is 9.85. The van der Waals surface area contributed by atoms with E-state index in [0.717, 1.165) is 23.8 Å². The van der Waals surface area contributed by atoms with E-state index in [9.17, 15) is 14.4 Å². The molecule has 1 heterocycles. The van der Waals surface area contributed by atoms with Crippen LogP contribution in [0, 0.1) is 0 Å². The topological polar surface area (TPSA) is 66.5 Å². The number of aryl methyl sites for hydroxylation is 1. The van der Waals surface area contributed by atoms with E-state index in [0.29, 0.717) is 18.5 Å². The second-order valence-electron chi connectivity index (χ2n) is 5.81. The van der Waals surface area contributed by atoms with Gasteiger partial charge in [-0.3, -0.25) is 9.59 Å². The molecule has 1 aliphatic heterocycles. The van der Waals surface area contributed by atoms with Crippen LogP contribution >= 0.6 is 0 Å². The average molecular weight is 332 g/mol. The van der Waals surface area contributed by atoms with Crippen LogP contribution in [0.1, 0.15) is 61.5 Å². The van der Waals surface area contributed by atoms with Gasteiger partial charge in [-0.25, -0.2) is 0 Å². The second-order valence-corrected chi connectivity index (χ2v) is 5.81. The molecule has 0 saturated carbocycles. The summed E-state index contributed by atoms with van der Waals surface area (Å²) in [6.45, 7) is 6.74. The number of nitrogens with one attached hydrogen (secondary N) is 1. The van der Waals surface area contributed by atoms with E-state index in [1.165, 1.54) is 6.42 Å². The molecule has 0 saturated heterocycles. The van der Waals surface area contributed by atoms with Gasteiger partial charge in [0.2, 0.25) is 5.91 Å². The maximum atomic E-state index is 12.5. The molecule has 0 aliphatic carbocycles. The number of hydrogen-bond donors (Lipinski definition) is 1. The number of carbonyl (C=O) groups excluding carboxylic acids is 3. The molecule has 1 aromatic carbocycles. The molecule has 5 heteroatoms. The third-order valence-electron chi connectivity index (χ3n) is 3.96. The van der Waals surface area contributed by atoms with Gasteiger partial charge in [0.25, 0.3) is 5.91 Å². The van der Waals surface area contributed by atoms with E-state index >= 15 is 0 Å². The van der Waals surface area contributed by atoms with E-state index in [1.807, 2.05) is 19.1 Å². The number of fused-ring (bicyclic) bond motifs is 1. The first-order valence-electron chi connectivity index (χ1n) is 8.62. The van der Waals surface area contributed by atoms with Crippen LogP contribution in [-0.4, -0.2) is 36.1 Å². The monoisotopic (exact) mass is 332 g/mol. The summed E-state index contributed by atoms with van der Waals surface area (Å²) in [6.07, 6.45) is 3.49. The normalized spacial score (nSPS) is 13.7. The fraction of sp³-hybridized carbons (Fsp3) is 0.526. The van der Waals surface area contributed by atoms with Crippen LogP contribution in [0.4, 0.5) is 0 Å². The first-order chi connectivity index (χ1) is 11.5. The molecule has 0 bridgehead atoms. The maximum Gasteiger partial charge on any atom is 0.255 e. The van der Waals surface area contributed by atoms with Crippen LogP contribution in [0.15, 0.2) is 18.2 Å². The predicted molar refractivity (Wildman–Crippen MR) is 94.8 cm³/mol. The largest absolute Gasteiger partial charge is 0.357 e. The summed E-state index contributed by atoms with van der Waals surface area (Å²) in [5.41, 5.74) is 2.81. The Bertz CT molecular complexity index is 584. The van der Waals surface area contributed by atoms with Gasteiger partial charge in [-0.05, 0) is 30.0 Å². The van der Waals surface area contributed by atoms with Gasteiger partial charge in [0.15, 0.2) is 0 Å². The van der Waals surface area contributed by atoms with E-state index in [2.05, 4.69) is 19.2 Å². The Labute approximate surface area is 144 Å². The first kappa shape index (κ1) is 19.9. The molecule has 0 spiro atoms. The summed E-state index contributed by atoms with van der Waals surface area (Å²) >= 11 is 0. The smallest absolute Gasteiger partial charge is 0.255 e. The van der Waals surface area contributed by atoms with Crippen LogP contribution in [0.2, 0.25) is 0 Å². The average Bonchev–Trinajstić information content (AvgIpc) is 2.92. The van der Waals surface area contributed by atoms with Crippen LogP contribution in [0.25, 0.3) is 0 Å². The Kier molecular flexibility index (Phi) is 8.16. The molecule has 2 rings (SSSR count). The number of nitrogens with zero attached hydrogens (tertiary/aromatic N) is 1. The van der Waals surface area contributed by atoms with E-state index in [1.54, 1.807) is 18.0 Å². The molecule has 5 nitrogen and oxygen atoms in total. The van der Waals surface area contributed by atoms with Crippen LogP contribution < -0.4 is 5.32 Å². The lowest BCUT2D eigenvalue weighted by Crippen LogP contribution is -2.46. The number of likely N-dealkylation sites (N-methyl/N-ethyl adjacent to an activating group) is 1. The van der Waals surface area contributed by atoms with Crippen molar-refractivity contribution in [1.82, 2.24) is 10.2 Å². The van der Waals surface area contributed by atoms with Gasteiger partial charge in [-0.2, -0.15) is 0 Å². The van der Waals surface area contributed by atoms with Gasteiger partial charge in [-0.1, -0.05) is 39.3 Å². The van der Waals surface area contributed by atoms with Gasteiger partial charge < -0.3 is 15.0 Å². The summed E-state index contributed by atoms with van der Waals surface area (Å²) in [5, 5.41) is 2.58. The molecule has 0 radical (unpaired) electrons. The fourth-order valence-corrected chi connectivity index (χ4v) is 2.82. The third-order valence-corrected chi connectivity index (χ3v) is 3.96. The maximum absolute atomic E-state index is 12.5. The lowest BCUT2D eigenvalue weighted by atomic mass is 10.0. The number of aldehydes is 1. The van der Waals surface area contributed by atoms with Crippen molar-refractivity contribution in [3.63, 3.8) is 0 Å². The minimum atomic E-state index is -0.593. The first-order valence-corrected chi connectivity index (χ1v) is 8.62. The van der Waals surface area contributed by atoms with Crippen molar-refractivity contribution < 1.29 is 14.4 Å². The van der Waals surface area contributed by atoms with Crippen molar-refractivity contribution in [2.75, 3.05) is 7.05 Å². The van der Waals surface area contributed by atoms with Crippen molar-refractivity contribution in [3.05, 3.63) is 34.9 Å². The van der Waals surface area contributed by atoms with Crippen molar-refractivity contribution in [2.45, 2.75) is 59.0 Å². The van der Waals surface area contributed by atoms with Crippen LogP contribution in [-0.2, 0) is 22.6 Å². The molecule has 0 aromatic heterocycles. The summed E-state index contributed by atoms with van der Waals surface area (Å²) in [7, 11) is 1.54. The van der Waals surface area contributed by atoms with Crippen molar-refractivity contribution in [2.24, 2.45) is 0 Å². The lowest BCUT2D eigenvalue weighted by Gasteiger charge is -2.25. The third kappa shape index (κ3) is 4.43. The standard InChI is InChI=1S/C16H20N2O3.C3H8/c1-3-11-6-4-7-12-13(11)10-18(16(12)21)14(8-5-9-19)15(20)17-2;1-3-2/h4,6-7,9,14H,3,5,8,10H2,1-2H3,(H,17,20);3H2,1-2H3. The molecular weight excluding hydrogens is 304 g/mol. The number of benzene rings is 1. The fourth-order valence-electron chi connectivity index (χ4n) is 2.82. The summed E-state index contributed by atoms with van der Waals surface area (Å²) < 4.78 is 0. The highest BCUT2D eigenvalue weighted by atomic mass is 16.2. The number of amides is 2. The molecule has 0 fully saturated rings. The predicted octanol–water partition coefficient (Wildman–Crippen LogP) is 2.71. The van der Waals surface area contributed by atoms with Crippen molar-refractivity contribution in [1.29, 1.82) is 0 Å². The summed E-state index contributed by atoms with van der Waals surface area (Å²) in [5.74, 6) is -0.351. The number of rotatable bonds is 6.